The van der Waals surface area contributed by atoms with E-state index in [1.807, 2.05) is 0 Å². The molecule has 1 aliphatic heterocycles. The Morgan fingerprint density at radius 3 is 2.47 bits per heavy atom. The second-order valence-corrected chi connectivity index (χ2v) is 5.45. The van der Waals surface area contributed by atoms with Crippen LogP contribution in [0.5, 0.6) is 0 Å². The van der Waals surface area contributed by atoms with E-state index in [2.05, 4.69) is 50.4 Å². The minimum atomic E-state index is 0.446. The third-order valence-electron chi connectivity index (χ3n) is 3.31. The van der Waals surface area contributed by atoms with E-state index in [0.29, 0.717) is 12.5 Å². The van der Waals surface area contributed by atoms with E-state index in [1.165, 1.54) is 5.56 Å². The Morgan fingerprint density at radius 2 is 1.88 bits per heavy atom. The van der Waals surface area contributed by atoms with Gasteiger partial charge in [-0.25, -0.2) is 0 Å². The standard InChI is InChI=1S/C13H20BrN3/c14-13-3-1-11(2-4-13)12(9-15)10-17-7-5-16-6-8-17/h1-4,12,16H,5-10,15H2. The third kappa shape index (κ3) is 3.78. The number of piperazine rings is 1. The van der Waals surface area contributed by atoms with Gasteiger partial charge >= 0.3 is 0 Å². The highest BCUT2D eigenvalue weighted by atomic mass is 79.9. The lowest BCUT2D eigenvalue weighted by molar-refractivity contribution is 0.228. The van der Waals surface area contributed by atoms with Crippen LogP contribution in [0.1, 0.15) is 11.5 Å². The Morgan fingerprint density at radius 1 is 1.24 bits per heavy atom. The van der Waals surface area contributed by atoms with Crippen LogP contribution in [0.15, 0.2) is 28.7 Å². The lowest BCUT2D eigenvalue weighted by atomic mass is 9.98. The number of nitrogens with two attached hydrogens (primary N) is 1. The van der Waals surface area contributed by atoms with Crippen molar-refractivity contribution in [3.63, 3.8) is 0 Å². The number of benzene rings is 1. The minimum Gasteiger partial charge on any atom is -0.330 e. The highest BCUT2D eigenvalue weighted by Crippen LogP contribution is 2.19. The van der Waals surface area contributed by atoms with Gasteiger partial charge in [0.15, 0.2) is 0 Å². The van der Waals surface area contributed by atoms with Crippen molar-refractivity contribution in [2.75, 3.05) is 39.3 Å². The van der Waals surface area contributed by atoms with E-state index >= 15 is 0 Å². The number of nitrogens with one attached hydrogen (secondary N) is 1. The van der Waals surface area contributed by atoms with Crippen LogP contribution >= 0.6 is 15.9 Å². The zero-order valence-electron chi connectivity index (χ0n) is 10.0. The Hall–Kier alpha value is -0.420. The summed E-state index contributed by atoms with van der Waals surface area (Å²) in [7, 11) is 0. The molecule has 0 radical (unpaired) electrons. The van der Waals surface area contributed by atoms with Gasteiger partial charge in [-0.2, -0.15) is 0 Å². The fraction of sp³-hybridized carbons (Fsp3) is 0.538. The molecule has 4 heteroatoms. The molecule has 1 unspecified atom stereocenters. The lowest BCUT2D eigenvalue weighted by Crippen LogP contribution is -2.45. The van der Waals surface area contributed by atoms with Gasteiger partial charge in [0.2, 0.25) is 0 Å². The summed E-state index contributed by atoms with van der Waals surface area (Å²) in [6.07, 6.45) is 0. The summed E-state index contributed by atoms with van der Waals surface area (Å²) in [5, 5.41) is 3.37. The van der Waals surface area contributed by atoms with Crippen LogP contribution in [0.25, 0.3) is 0 Å². The zero-order valence-corrected chi connectivity index (χ0v) is 11.6. The number of hydrogen-bond acceptors (Lipinski definition) is 3. The molecule has 0 spiro atoms. The number of nitrogens with zero attached hydrogens (tertiary/aromatic N) is 1. The molecule has 17 heavy (non-hydrogen) atoms. The van der Waals surface area contributed by atoms with Crippen molar-refractivity contribution in [2.45, 2.75) is 5.92 Å². The van der Waals surface area contributed by atoms with Gasteiger partial charge in [-0.3, -0.25) is 0 Å². The summed E-state index contributed by atoms with van der Waals surface area (Å²) < 4.78 is 1.12. The number of halogens is 1. The minimum absolute atomic E-state index is 0.446. The van der Waals surface area contributed by atoms with Gasteiger partial charge in [-0.15, -0.1) is 0 Å². The number of hydrogen-bond donors (Lipinski definition) is 2. The van der Waals surface area contributed by atoms with Crippen LogP contribution < -0.4 is 11.1 Å². The first-order valence-electron chi connectivity index (χ1n) is 6.18. The van der Waals surface area contributed by atoms with Crippen LogP contribution in [0.3, 0.4) is 0 Å². The Labute approximate surface area is 111 Å². The summed E-state index contributed by atoms with van der Waals surface area (Å²) in [5.41, 5.74) is 7.25. The van der Waals surface area contributed by atoms with Crippen LogP contribution in [-0.4, -0.2) is 44.2 Å². The van der Waals surface area contributed by atoms with E-state index in [0.717, 1.165) is 37.2 Å². The van der Waals surface area contributed by atoms with Crippen molar-refractivity contribution in [1.82, 2.24) is 10.2 Å². The molecular formula is C13H20BrN3. The smallest absolute Gasteiger partial charge is 0.0175 e. The van der Waals surface area contributed by atoms with Gasteiger partial charge in [0.1, 0.15) is 0 Å². The van der Waals surface area contributed by atoms with Crippen molar-refractivity contribution in [3.8, 4) is 0 Å². The third-order valence-corrected chi connectivity index (χ3v) is 3.84. The van der Waals surface area contributed by atoms with E-state index in [4.69, 9.17) is 5.73 Å². The van der Waals surface area contributed by atoms with Crippen molar-refractivity contribution in [2.24, 2.45) is 5.73 Å². The molecule has 0 bridgehead atoms. The zero-order chi connectivity index (χ0) is 12.1. The average molecular weight is 298 g/mol. The molecule has 3 N–H and O–H groups in total. The molecule has 0 aliphatic carbocycles. The summed E-state index contributed by atoms with van der Waals surface area (Å²) in [6.45, 7) is 6.24. The maximum absolute atomic E-state index is 5.91. The molecule has 94 valence electrons. The topological polar surface area (TPSA) is 41.3 Å². The highest BCUT2D eigenvalue weighted by molar-refractivity contribution is 9.10. The van der Waals surface area contributed by atoms with Crippen molar-refractivity contribution >= 4 is 15.9 Å². The molecule has 1 atom stereocenters. The van der Waals surface area contributed by atoms with Gasteiger partial charge in [0.05, 0.1) is 0 Å². The van der Waals surface area contributed by atoms with E-state index < -0.39 is 0 Å². The van der Waals surface area contributed by atoms with Crippen molar-refractivity contribution < 1.29 is 0 Å². The average Bonchev–Trinajstić information content (AvgIpc) is 2.38. The molecule has 1 fully saturated rings. The molecule has 3 nitrogen and oxygen atoms in total. The molecule has 0 saturated carbocycles. The normalized spacial score (nSPS) is 19.2. The van der Waals surface area contributed by atoms with Crippen LogP contribution in [0.2, 0.25) is 0 Å². The maximum atomic E-state index is 5.91. The van der Waals surface area contributed by atoms with E-state index in [1.54, 1.807) is 0 Å². The van der Waals surface area contributed by atoms with Gasteiger partial charge in [-0.05, 0) is 17.7 Å². The predicted octanol–water partition coefficient (Wildman–Crippen LogP) is 1.40. The summed E-state index contributed by atoms with van der Waals surface area (Å²) in [5.74, 6) is 0.446. The van der Waals surface area contributed by atoms with Gasteiger partial charge in [0.25, 0.3) is 0 Å². The Balaban J connectivity index is 1.97. The van der Waals surface area contributed by atoms with Gasteiger partial charge in [-0.1, -0.05) is 28.1 Å². The largest absolute Gasteiger partial charge is 0.330 e. The molecule has 1 aliphatic rings. The summed E-state index contributed by atoms with van der Waals surface area (Å²) in [4.78, 5) is 2.50. The fourth-order valence-corrected chi connectivity index (χ4v) is 2.52. The molecule has 2 rings (SSSR count). The highest BCUT2D eigenvalue weighted by Gasteiger charge is 2.16. The van der Waals surface area contributed by atoms with Crippen LogP contribution in [-0.2, 0) is 0 Å². The monoisotopic (exact) mass is 297 g/mol. The Bertz CT molecular complexity index is 333. The quantitative estimate of drug-likeness (QED) is 0.883. The molecule has 1 heterocycles. The van der Waals surface area contributed by atoms with Crippen LogP contribution in [0.4, 0.5) is 0 Å². The molecule has 0 amide bonds. The fourth-order valence-electron chi connectivity index (χ4n) is 2.26. The first-order chi connectivity index (χ1) is 8.29. The second kappa shape index (κ2) is 6.50. The first-order valence-corrected chi connectivity index (χ1v) is 6.97. The maximum Gasteiger partial charge on any atom is 0.0175 e. The lowest BCUT2D eigenvalue weighted by Gasteiger charge is -2.30. The molecule has 1 aromatic rings. The van der Waals surface area contributed by atoms with Gasteiger partial charge < -0.3 is 16.0 Å². The second-order valence-electron chi connectivity index (χ2n) is 4.53. The summed E-state index contributed by atoms with van der Waals surface area (Å²) in [6, 6.07) is 8.53. The van der Waals surface area contributed by atoms with Gasteiger partial charge in [0, 0.05) is 49.7 Å². The SMILES string of the molecule is NCC(CN1CCNCC1)c1ccc(Br)cc1. The molecule has 1 saturated heterocycles. The van der Waals surface area contributed by atoms with Crippen molar-refractivity contribution in [3.05, 3.63) is 34.3 Å². The van der Waals surface area contributed by atoms with Crippen LogP contribution in [0, 0.1) is 0 Å². The molecular weight excluding hydrogens is 278 g/mol. The molecule has 1 aromatic carbocycles. The van der Waals surface area contributed by atoms with E-state index in [9.17, 15) is 0 Å². The predicted molar refractivity (Wildman–Crippen MR) is 75.2 cm³/mol. The first kappa shape index (κ1) is 13.0. The number of rotatable bonds is 4. The molecule has 0 aromatic heterocycles. The Kier molecular flexibility index (Phi) is 4.98. The van der Waals surface area contributed by atoms with Crippen molar-refractivity contribution in [1.29, 1.82) is 0 Å². The van der Waals surface area contributed by atoms with E-state index in [-0.39, 0.29) is 0 Å². The summed E-state index contributed by atoms with van der Waals surface area (Å²) >= 11 is 3.47.